The number of carbonyl (C=O) groups excluding carboxylic acids is 2. The smallest absolute Gasteiger partial charge is 0.321 e. The van der Waals surface area contributed by atoms with E-state index in [9.17, 15) is 9.59 Å². The van der Waals surface area contributed by atoms with Crippen molar-refractivity contribution in [3.63, 3.8) is 0 Å². The fourth-order valence-electron chi connectivity index (χ4n) is 2.03. The molecule has 0 aliphatic heterocycles. The van der Waals surface area contributed by atoms with Gasteiger partial charge in [-0.2, -0.15) is 4.68 Å². The Morgan fingerprint density at radius 3 is 2.64 bits per heavy atom. The molecule has 2 aromatic rings. The van der Waals surface area contributed by atoms with E-state index >= 15 is 0 Å². The maximum Gasteiger partial charge on any atom is 0.321 e. The SMILES string of the molecule is Cc1ccc(C)c(-n2nnnc2SCC(=O)NC(=O)NC(C)(C)C)c1. The molecule has 0 radical (unpaired) electrons. The van der Waals surface area contributed by atoms with Gasteiger partial charge in [0.25, 0.3) is 0 Å². The molecule has 8 nitrogen and oxygen atoms in total. The summed E-state index contributed by atoms with van der Waals surface area (Å²) in [5, 5.41) is 17.1. The molecule has 3 amide bonds. The van der Waals surface area contributed by atoms with E-state index in [4.69, 9.17) is 0 Å². The Morgan fingerprint density at radius 2 is 1.96 bits per heavy atom. The summed E-state index contributed by atoms with van der Waals surface area (Å²) < 4.78 is 1.59. The minimum atomic E-state index is -0.521. The average molecular weight is 362 g/mol. The second-order valence-electron chi connectivity index (χ2n) is 6.70. The van der Waals surface area contributed by atoms with Crippen molar-refractivity contribution in [3.05, 3.63) is 29.3 Å². The first-order valence-corrected chi connectivity index (χ1v) is 8.75. The average Bonchev–Trinajstić information content (AvgIpc) is 2.93. The molecule has 0 spiro atoms. The van der Waals surface area contributed by atoms with Gasteiger partial charge in [-0.15, -0.1) is 5.10 Å². The third-order valence-electron chi connectivity index (χ3n) is 3.11. The molecule has 0 saturated carbocycles. The number of urea groups is 1. The molecule has 0 aliphatic rings. The second-order valence-corrected chi connectivity index (χ2v) is 7.65. The van der Waals surface area contributed by atoms with Gasteiger partial charge < -0.3 is 5.32 Å². The molecule has 2 rings (SSSR count). The van der Waals surface area contributed by atoms with Gasteiger partial charge in [0.1, 0.15) is 0 Å². The molecule has 1 aromatic heterocycles. The number of aryl methyl sites for hydroxylation is 2. The first kappa shape index (κ1) is 18.9. The van der Waals surface area contributed by atoms with Crippen LogP contribution in [-0.2, 0) is 4.79 Å². The van der Waals surface area contributed by atoms with Gasteiger partial charge in [-0.25, -0.2) is 4.79 Å². The lowest BCUT2D eigenvalue weighted by molar-refractivity contribution is -0.117. The van der Waals surface area contributed by atoms with E-state index in [1.807, 2.05) is 52.8 Å². The number of imide groups is 1. The molecule has 1 aromatic carbocycles. The third kappa shape index (κ3) is 5.56. The summed E-state index contributed by atoms with van der Waals surface area (Å²) in [4.78, 5) is 23.6. The zero-order chi connectivity index (χ0) is 18.6. The van der Waals surface area contributed by atoms with E-state index in [-0.39, 0.29) is 5.75 Å². The van der Waals surface area contributed by atoms with Crippen molar-refractivity contribution in [2.75, 3.05) is 5.75 Å². The topological polar surface area (TPSA) is 102 Å². The minimum Gasteiger partial charge on any atom is -0.333 e. The lowest BCUT2D eigenvalue weighted by atomic mass is 10.1. The number of tetrazole rings is 1. The Kier molecular flexibility index (Phi) is 5.78. The van der Waals surface area contributed by atoms with Gasteiger partial charge in [0.05, 0.1) is 11.4 Å². The van der Waals surface area contributed by atoms with Gasteiger partial charge in [0.15, 0.2) is 0 Å². The monoisotopic (exact) mass is 362 g/mol. The summed E-state index contributed by atoms with van der Waals surface area (Å²) in [6.07, 6.45) is 0. The van der Waals surface area contributed by atoms with Crippen molar-refractivity contribution in [2.45, 2.75) is 45.3 Å². The lowest BCUT2D eigenvalue weighted by Gasteiger charge is -2.20. The number of thioether (sulfide) groups is 1. The van der Waals surface area contributed by atoms with E-state index in [1.54, 1.807) is 4.68 Å². The van der Waals surface area contributed by atoms with Crippen molar-refractivity contribution in [1.29, 1.82) is 0 Å². The molecule has 0 bridgehead atoms. The van der Waals surface area contributed by atoms with Crippen LogP contribution in [0.5, 0.6) is 0 Å². The van der Waals surface area contributed by atoms with Gasteiger partial charge in [0.2, 0.25) is 11.1 Å². The Morgan fingerprint density at radius 1 is 1.24 bits per heavy atom. The number of nitrogens with zero attached hydrogens (tertiary/aromatic N) is 4. The molecule has 9 heteroatoms. The number of nitrogens with one attached hydrogen (secondary N) is 2. The van der Waals surface area contributed by atoms with Crippen LogP contribution in [0.25, 0.3) is 5.69 Å². The predicted octanol–water partition coefficient (Wildman–Crippen LogP) is 2.00. The molecular formula is C16H22N6O2S. The number of rotatable bonds is 4. The van der Waals surface area contributed by atoms with E-state index < -0.39 is 17.5 Å². The summed E-state index contributed by atoms with van der Waals surface area (Å²) in [5.74, 6) is -0.384. The highest BCUT2D eigenvalue weighted by atomic mass is 32.2. The highest BCUT2D eigenvalue weighted by Crippen LogP contribution is 2.21. The van der Waals surface area contributed by atoms with E-state index in [0.29, 0.717) is 5.16 Å². The molecule has 0 saturated heterocycles. The lowest BCUT2D eigenvalue weighted by Crippen LogP contribution is -2.48. The first-order valence-electron chi connectivity index (χ1n) is 7.76. The highest BCUT2D eigenvalue weighted by Gasteiger charge is 2.17. The van der Waals surface area contributed by atoms with Crippen molar-refractivity contribution >= 4 is 23.7 Å². The van der Waals surface area contributed by atoms with Gasteiger partial charge in [0, 0.05) is 5.54 Å². The summed E-state index contributed by atoms with van der Waals surface area (Å²) in [6.45, 7) is 9.47. The number of amides is 3. The van der Waals surface area contributed by atoms with Crippen LogP contribution < -0.4 is 10.6 Å². The first-order chi connectivity index (χ1) is 11.7. The molecule has 0 unspecified atom stereocenters. The van der Waals surface area contributed by atoms with Gasteiger partial charge in [-0.05, 0) is 62.2 Å². The Hall–Kier alpha value is -2.42. The minimum absolute atomic E-state index is 0.0306. The fraction of sp³-hybridized carbons (Fsp3) is 0.438. The maximum atomic E-state index is 11.9. The standard InChI is InChI=1S/C16H22N6O2S/c1-10-6-7-11(2)12(8-10)22-15(19-20-21-22)25-9-13(23)17-14(24)18-16(3,4)5/h6-8H,9H2,1-5H3,(H2,17,18,23,24). The fourth-order valence-corrected chi connectivity index (χ4v) is 2.72. The number of benzene rings is 1. The Labute approximate surface area is 150 Å². The number of hydrogen-bond acceptors (Lipinski definition) is 6. The quantitative estimate of drug-likeness (QED) is 0.807. The molecule has 0 fully saturated rings. The van der Waals surface area contributed by atoms with Crippen molar-refractivity contribution in [3.8, 4) is 5.69 Å². The molecular weight excluding hydrogens is 340 g/mol. The van der Waals surface area contributed by atoms with Crippen LogP contribution in [0.4, 0.5) is 4.79 Å². The van der Waals surface area contributed by atoms with Crippen LogP contribution in [0.15, 0.2) is 23.4 Å². The maximum absolute atomic E-state index is 11.9. The number of aromatic nitrogens is 4. The molecule has 0 aliphatic carbocycles. The van der Waals surface area contributed by atoms with Crippen LogP contribution in [0.2, 0.25) is 0 Å². The van der Waals surface area contributed by atoms with E-state index in [0.717, 1.165) is 16.8 Å². The zero-order valence-electron chi connectivity index (χ0n) is 15.0. The summed E-state index contributed by atoms with van der Waals surface area (Å²) >= 11 is 1.17. The second kappa shape index (κ2) is 7.64. The highest BCUT2D eigenvalue weighted by molar-refractivity contribution is 7.99. The van der Waals surface area contributed by atoms with E-state index in [1.165, 1.54) is 11.8 Å². The summed E-state index contributed by atoms with van der Waals surface area (Å²) in [6, 6.07) is 5.46. The van der Waals surface area contributed by atoms with Gasteiger partial charge in [-0.3, -0.25) is 10.1 Å². The Balaban J connectivity index is 2.01. The normalized spacial score (nSPS) is 11.2. The molecule has 134 valence electrons. The number of carbonyl (C=O) groups is 2. The largest absolute Gasteiger partial charge is 0.333 e. The molecule has 0 atom stereocenters. The molecule has 25 heavy (non-hydrogen) atoms. The van der Waals surface area contributed by atoms with Crippen LogP contribution in [0.1, 0.15) is 31.9 Å². The Bertz CT molecular complexity index is 781. The van der Waals surface area contributed by atoms with Gasteiger partial charge in [-0.1, -0.05) is 23.9 Å². The molecule has 1 heterocycles. The van der Waals surface area contributed by atoms with Gasteiger partial charge >= 0.3 is 6.03 Å². The summed E-state index contributed by atoms with van der Waals surface area (Å²) in [5.41, 5.74) is 2.56. The van der Waals surface area contributed by atoms with Crippen molar-refractivity contribution in [2.24, 2.45) is 0 Å². The van der Waals surface area contributed by atoms with Crippen LogP contribution in [0.3, 0.4) is 0 Å². The summed E-state index contributed by atoms with van der Waals surface area (Å²) in [7, 11) is 0. The predicted molar refractivity (Wildman–Crippen MR) is 95.8 cm³/mol. The van der Waals surface area contributed by atoms with Crippen molar-refractivity contribution in [1.82, 2.24) is 30.8 Å². The van der Waals surface area contributed by atoms with Crippen LogP contribution >= 0.6 is 11.8 Å². The third-order valence-corrected chi connectivity index (χ3v) is 4.03. The molecule has 2 N–H and O–H groups in total. The van der Waals surface area contributed by atoms with Crippen LogP contribution in [0, 0.1) is 13.8 Å². The van der Waals surface area contributed by atoms with Crippen molar-refractivity contribution < 1.29 is 9.59 Å². The van der Waals surface area contributed by atoms with E-state index in [2.05, 4.69) is 26.2 Å². The zero-order valence-corrected chi connectivity index (χ0v) is 15.8. The van der Waals surface area contributed by atoms with Crippen LogP contribution in [-0.4, -0.2) is 43.4 Å². The number of hydrogen-bond donors (Lipinski definition) is 2.